The Morgan fingerprint density at radius 2 is 2.16 bits per heavy atom. The molecule has 0 amide bonds. The van der Waals surface area contributed by atoms with Gasteiger partial charge in [-0.05, 0) is 44.1 Å². The smallest absolute Gasteiger partial charge is 0.0871 e. The molecule has 0 radical (unpaired) electrons. The number of rotatable bonds is 3. The van der Waals surface area contributed by atoms with Crippen molar-refractivity contribution in [3.8, 4) is 0 Å². The molecule has 2 saturated heterocycles. The molecule has 0 aromatic rings. The van der Waals surface area contributed by atoms with Crippen molar-refractivity contribution in [1.29, 1.82) is 0 Å². The van der Waals surface area contributed by atoms with Crippen LogP contribution in [0.3, 0.4) is 0 Å². The van der Waals surface area contributed by atoms with Crippen LogP contribution in [0.4, 0.5) is 0 Å². The highest BCUT2D eigenvalue weighted by Gasteiger charge is 2.39. The second kappa shape index (κ2) is 6.08. The van der Waals surface area contributed by atoms with Crippen LogP contribution in [0, 0.1) is 11.8 Å². The summed E-state index contributed by atoms with van der Waals surface area (Å²) >= 11 is 0. The normalized spacial score (nSPS) is 42.0. The van der Waals surface area contributed by atoms with Crippen LogP contribution in [0.2, 0.25) is 0 Å². The fraction of sp³-hybridized carbons (Fsp3) is 1.00. The summed E-state index contributed by atoms with van der Waals surface area (Å²) in [6.07, 6.45) is 8.28. The first-order chi connectivity index (χ1) is 9.28. The van der Waals surface area contributed by atoms with Gasteiger partial charge in [0.2, 0.25) is 0 Å². The van der Waals surface area contributed by atoms with E-state index in [0.717, 1.165) is 19.1 Å². The van der Waals surface area contributed by atoms with Gasteiger partial charge in [-0.15, -0.1) is 0 Å². The average molecular weight is 267 g/mol. The first-order valence-corrected chi connectivity index (χ1v) is 8.09. The van der Waals surface area contributed by atoms with Crippen LogP contribution in [0.15, 0.2) is 0 Å². The van der Waals surface area contributed by atoms with E-state index in [-0.39, 0.29) is 6.10 Å². The minimum atomic E-state index is 0.287. The van der Waals surface area contributed by atoms with Gasteiger partial charge in [-0.25, -0.2) is 0 Å². The lowest BCUT2D eigenvalue weighted by molar-refractivity contribution is -0.0771. The maximum absolute atomic E-state index is 6.15. The topological polar surface area (TPSA) is 50.5 Å². The van der Waals surface area contributed by atoms with Gasteiger partial charge in [0.05, 0.1) is 18.8 Å². The third kappa shape index (κ3) is 2.97. The van der Waals surface area contributed by atoms with E-state index >= 15 is 0 Å². The molecule has 0 aromatic heterocycles. The summed E-state index contributed by atoms with van der Waals surface area (Å²) < 4.78 is 6.15. The molecular weight excluding hydrogens is 238 g/mol. The van der Waals surface area contributed by atoms with Crippen LogP contribution in [-0.2, 0) is 4.74 Å². The summed E-state index contributed by atoms with van der Waals surface area (Å²) in [5, 5.41) is 0. The fourth-order valence-electron chi connectivity index (χ4n) is 4.41. The van der Waals surface area contributed by atoms with Crippen LogP contribution in [0.1, 0.15) is 45.4 Å². The molecule has 1 saturated carbocycles. The maximum Gasteiger partial charge on any atom is 0.0871 e. The van der Waals surface area contributed by atoms with Gasteiger partial charge in [-0.2, -0.15) is 0 Å². The summed E-state index contributed by atoms with van der Waals surface area (Å²) in [6.45, 7) is 5.61. The van der Waals surface area contributed by atoms with Crippen molar-refractivity contribution in [3.63, 3.8) is 0 Å². The first kappa shape index (κ1) is 13.8. The number of hydrogen-bond acceptors (Lipinski definition) is 4. The molecule has 0 spiro atoms. The molecule has 110 valence electrons. The Bertz CT molecular complexity index is 299. The van der Waals surface area contributed by atoms with Crippen LogP contribution in [0.5, 0.6) is 0 Å². The van der Waals surface area contributed by atoms with Crippen molar-refractivity contribution in [2.75, 3.05) is 19.7 Å². The van der Waals surface area contributed by atoms with Gasteiger partial charge in [-0.3, -0.25) is 16.2 Å². The van der Waals surface area contributed by atoms with E-state index in [1.807, 2.05) is 0 Å². The minimum absolute atomic E-state index is 0.287. The zero-order valence-corrected chi connectivity index (χ0v) is 12.2. The van der Waals surface area contributed by atoms with Crippen LogP contribution in [-0.4, -0.2) is 42.8 Å². The highest BCUT2D eigenvalue weighted by Crippen LogP contribution is 2.34. The highest BCUT2D eigenvalue weighted by molar-refractivity contribution is 4.93. The lowest BCUT2D eigenvalue weighted by Gasteiger charge is -2.42. The summed E-state index contributed by atoms with van der Waals surface area (Å²) in [4.78, 5) is 2.62. The van der Waals surface area contributed by atoms with Crippen molar-refractivity contribution in [2.45, 2.75) is 63.6 Å². The molecule has 5 atom stereocenters. The number of hydrazine groups is 1. The van der Waals surface area contributed by atoms with Gasteiger partial charge in [0, 0.05) is 12.6 Å². The zero-order valence-electron chi connectivity index (χ0n) is 12.2. The molecule has 4 nitrogen and oxygen atoms in total. The monoisotopic (exact) mass is 267 g/mol. The van der Waals surface area contributed by atoms with Crippen molar-refractivity contribution < 1.29 is 4.74 Å². The molecular formula is C15H29N3O. The minimum Gasteiger partial charge on any atom is -0.374 e. The quantitative estimate of drug-likeness (QED) is 0.601. The third-order valence-electron chi connectivity index (χ3n) is 5.49. The number of morpholine rings is 1. The Morgan fingerprint density at radius 3 is 2.95 bits per heavy atom. The number of hydrogen-bond donors (Lipinski definition) is 2. The second-order valence-corrected chi connectivity index (χ2v) is 6.89. The van der Waals surface area contributed by atoms with Gasteiger partial charge >= 0.3 is 0 Å². The van der Waals surface area contributed by atoms with E-state index in [2.05, 4.69) is 17.2 Å². The number of nitrogens with zero attached hydrogens (tertiary/aromatic N) is 1. The highest BCUT2D eigenvalue weighted by atomic mass is 16.5. The summed E-state index contributed by atoms with van der Waals surface area (Å²) in [7, 11) is 0. The molecule has 0 aromatic carbocycles. The van der Waals surface area contributed by atoms with Gasteiger partial charge in [0.15, 0.2) is 0 Å². The molecule has 0 bridgehead atoms. The zero-order chi connectivity index (χ0) is 13.2. The van der Waals surface area contributed by atoms with E-state index in [1.165, 1.54) is 45.1 Å². The molecule has 4 heteroatoms. The Hall–Kier alpha value is -0.160. The predicted molar refractivity (Wildman–Crippen MR) is 76.6 cm³/mol. The Kier molecular flexibility index (Phi) is 4.42. The standard InChI is InChI=1S/C15H29N3O/c1-11-4-2-5-12(8-11)15(17-16)14-9-18-7-3-6-13(18)10-19-14/h11-15,17H,2-10,16H2,1H3. The molecule has 3 fully saturated rings. The van der Waals surface area contributed by atoms with Crippen LogP contribution in [0.25, 0.3) is 0 Å². The van der Waals surface area contributed by atoms with Crippen LogP contribution < -0.4 is 11.3 Å². The molecule has 3 N–H and O–H groups in total. The van der Waals surface area contributed by atoms with Crippen molar-refractivity contribution in [1.82, 2.24) is 10.3 Å². The predicted octanol–water partition coefficient (Wildman–Crippen LogP) is 1.51. The van der Waals surface area contributed by atoms with E-state index < -0.39 is 0 Å². The molecule has 5 unspecified atom stereocenters. The van der Waals surface area contributed by atoms with E-state index in [1.54, 1.807) is 0 Å². The average Bonchev–Trinajstić information content (AvgIpc) is 2.87. The fourth-order valence-corrected chi connectivity index (χ4v) is 4.41. The van der Waals surface area contributed by atoms with E-state index in [9.17, 15) is 0 Å². The van der Waals surface area contributed by atoms with Crippen molar-refractivity contribution >= 4 is 0 Å². The Balaban J connectivity index is 1.61. The number of nitrogens with two attached hydrogens (primary N) is 1. The molecule has 3 rings (SSSR count). The van der Waals surface area contributed by atoms with Crippen LogP contribution >= 0.6 is 0 Å². The summed E-state index contributed by atoms with van der Waals surface area (Å²) in [5.41, 5.74) is 3.09. The van der Waals surface area contributed by atoms with Gasteiger partial charge in [-0.1, -0.05) is 19.8 Å². The van der Waals surface area contributed by atoms with Gasteiger partial charge in [0.1, 0.15) is 0 Å². The second-order valence-electron chi connectivity index (χ2n) is 6.89. The molecule has 1 aliphatic carbocycles. The molecule has 19 heavy (non-hydrogen) atoms. The first-order valence-electron chi connectivity index (χ1n) is 8.09. The Labute approximate surface area is 117 Å². The molecule has 2 aliphatic heterocycles. The van der Waals surface area contributed by atoms with Crippen molar-refractivity contribution in [3.05, 3.63) is 0 Å². The molecule has 2 heterocycles. The SMILES string of the molecule is CC1CCCC(C(NN)C2CN3CCCC3CO2)C1. The number of ether oxygens (including phenoxy) is 1. The summed E-state index contributed by atoms with van der Waals surface area (Å²) in [6, 6.07) is 1.02. The number of fused-ring (bicyclic) bond motifs is 1. The largest absolute Gasteiger partial charge is 0.374 e. The van der Waals surface area contributed by atoms with E-state index in [4.69, 9.17) is 10.6 Å². The number of nitrogens with one attached hydrogen (secondary N) is 1. The van der Waals surface area contributed by atoms with Gasteiger partial charge in [0.25, 0.3) is 0 Å². The third-order valence-corrected chi connectivity index (χ3v) is 5.49. The Morgan fingerprint density at radius 1 is 1.26 bits per heavy atom. The lowest BCUT2D eigenvalue weighted by Crippen LogP contribution is -2.58. The lowest BCUT2D eigenvalue weighted by atomic mass is 9.77. The molecule has 3 aliphatic rings. The van der Waals surface area contributed by atoms with Gasteiger partial charge < -0.3 is 4.74 Å². The summed E-state index contributed by atoms with van der Waals surface area (Å²) in [5.74, 6) is 7.41. The maximum atomic E-state index is 6.15. The van der Waals surface area contributed by atoms with E-state index in [0.29, 0.717) is 18.0 Å². The van der Waals surface area contributed by atoms with Crippen molar-refractivity contribution in [2.24, 2.45) is 17.7 Å².